The molecule has 2 aromatic rings. The zero-order valence-electron chi connectivity index (χ0n) is 16.9. The third-order valence-electron chi connectivity index (χ3n) is 4.67. The Kier molecular flexibility index (Phi) is 7.61. The molecule has 166 valence electrons. The van der Waals surface area contributed by atoms with E-state index < -0.39 is 29.7 Å². The summed E-state index contributed by atoms with van der Waals surface area (Å²) >= 11 is 1.32. The van der Waals surface area contributed by atoms with Gasteiger partial charge in [-0.05, 0) is 43.5 Å². The first kappa shape index (κ1) is 23.1. The van der Waals surface area contributed by atoms with Gasteiger partial charge in [0.2, 0.25) is 5.91 Å². The molecule has 31 heavy (non-hydrogen) atoms. The lowest BCUT2D eigenvalue weighted by Crippen LogP contribution is -2.27. The number of halogens is 3. The van der Waals surface area contributed by atoms with Crippen molar-refractivity contribution in [1.82, 2.24) is 0 Å². The molecule has 0 saturated carbocycles. The smallest absolute Gasteiger partial charge is 0.368 e. The summed E-state index contributed by atoms with van der Waals surface area (Å²) in [6.45, 7) is 2.42. The van der Waals surface area contributed by atoms with Crippen LogP contribution in [0.5, 0.6) is 0 Å². The van der Waals surface area contributed by atoms with Crippen LogP contribution in [0.4, 0.5) is 24.5 Å². The maximum atomic E-state index is 13.5. The molecule has 3 rings (SSSR count). The van der Waals surface area contributed by atoms with Crippen LogP contribution in [0.2, 0.25) is 0 Å². The normalized spacial score (nSPS) is 16.2. The van der Waals surface area contributed by atoms with Crippen LogP contribution in [0.15, 0.2) is 42.5 Å². The molecule has 0 aliphatic carbocycles. The molecule has 0 radical (unpaired) electrons. The predicted octanol–water partition coefficient (Wildman–Crippen LogP) is 5.00. The molecule has 1 aliphatic heterocycles. The van der Waals surface area contributed by atoms with Gasteiger partial charge < -0.3 is 15.4 Å². The standard InChI is InChI=1S/C22H23F3N2O3S/c1-14-4-2-5-15(10-14)12-31-13-20(28)27-18-8-7-16(11-17(18)22(23,24)25)26-21(29)19-6-3-9-30-19/h2,4-5,7-8,10-11,19H,3,6,9,12-13H2,1H3,(H,26,29)(H,27,28). The minimum absolute atomic E-state index is 0.000327. The Morgan fingerprint density at radius 2 is 1.97 bits per heavy atom. The quantitative estimate of drug-likeness (QED) is 0.620. The Balaban J connectivity index is 1.62. The molecular formula is C22H23F3N2O3S. The van der Waals surface area contributed by atoms with Gasteiger partial charge in [0.1, 0.15) is 6.10 Å². The fourth-order valence-electron chi connectivity index (χ4n) is 3.22. The van der Waals surface area contributed by atoms with E-state index in [1.807, 2.05) is 31.2 Å². The minimum Gasteiger partial charge on any atom is -0.368 e. The highest BCUT2D eigenvalue weighted by molar-refractivity contribution is 7.99. The largest absolute Gasteiger partial charge is 0.418 e. The molecule has 1 fully saturated rings. The third kappa shape index (κ3) is 6.73. The molecule has 0 bridgehead atoms. The maximum absolute atomic E-state index is 13.5. The van der Waals surface area contributed by atoms with Gasteiger partial charge in [-0.15, -0.1) is 11.8 Å². The summed E-state index contributed by atoms with van der Waals surface area (Å²) in [5.74, 6) is -0.410. The number of benzene rings is 2. The van der Waals surface area contributed by atoms with Crippen molar-refractivity contribution in [3.63, 3.8) is 0 Å². The van der Waals surface area contributed by atoms with Crippen LogP contribution in [0.25, 0.3) is 0 Å². The number of hydrogen-bond acceptors (Lipinski definition) is 4. The number of rotatable bonds is 7. The molecule has 1 saturated heterocycles. The van der Waals surface area contributed by atoms with Crippen molar-refractivity contribution in [2.45, 2.75) is 37.8 Å². The lowest BCUT2D eigenvalue weighted by atomic mass is 10.1. The average Bonchev–Trinajstić information content (AvgIpc) is 3.23. The van der Waals surface area contributed by atoms with Crippen molar-refractivity contribution in [1.29, 1.82) is 0 Å². The van der Waals surface area contributed by atoms with Crippen molar-refractivity contribution in [3.8, 4) is 0 Å². The third-order valence-corrected chi connectivity index (χ3v) is 5.68. The number of carbonyl (C=O) groups is 2. The number of carbonyl (C=O) groups excluding carboxylic acids is 2. The van der Waals surface area contributed by atoms with E-state index in [4.69, 9.17) is 4.74 Å². The number of nitrogens with one attached hydrogen (secondary N) is 2. The molecule has 2 amide bonds. The first-order chi connectivity index (χ1) is 14.7. The van der Waals surface area contributed by atoms with Crippen molar-refractivity contribution < 1.29 is 27.5 Å². The Morgan fingerprint density at radius 3 is 2.65 bits per heavy atom. The number of amides is 2. The fraction of sp³-hybridized carbons (Fsp3) is 0.364. The van der Waals surface area contributed by atoms with Crippen molar-refractivity contribution >= 4 is 35.0 Å². The summed E-state index contributed by atoms with van der Waals surface area (Å²) in [4.78, 5) is 24.3. The summed E-state index contributed by atoms with van der Waals surface area (Å²) in [6, 6.07) is 11.1. The molecule has 5 nitrogen and oxygen atoms in total. The number of hydrogen-bond donors (Lipinski definition) is 2. The minimum atomic E-state index is -4.69. The van der Waals surface area contributed by atoms with Crippen LogP contribution in [0.1, 0.15) is 29.5 Å². The highest BCUT2D eigenvalue weighted by Gasteiger charge is 2.34. The topological polar surface area (TPSA) is 67.4 Å². The van der Waals surface area contributed by atoms with Gasteiger partial charge in [0, 0.05) is 18.0 Å². The zero-order valence-corrected chi connectivity index (χ0v) is 17.7. The van der Waals surface area contributed by atoms with Gasteiger partial charge in [-0.2, -0.15) is 13.2 Å². The summed E-state index contributed by atoms with van der Waals surface area (Å²) < 4.78 is 45.8. The van der Waals surface area contributed by atoms with Crippen molar-refractivity contribution in [3.05, 3.63) is 59.2 Å². The van der Waals surface area contributed by atoms with Crippen LogP contribution in [-0.4, -0.2) is 30.3 Å². The van der Waals surface area contributed by atoms with Gasteiger partial charge in [-0.3, -0.25) is 9.59 Å². The number of ether oxygens (including phenoxy) is 1. The average molecular weight is 452 g/mol. The van der Waals surface area contributed by atoms with Gasteiger partial charge in [0.25, 0.3) is 5.91 Å². The molecular weight excluding hydrogens is 429 g/mol. The highest BCUT2D eigenvalue weighted by atomic mass is 32.2. The second-order valence-electron chi connectivity index (χ2n) is 7.28. The number of thioether (sulfide) groups is 1. The second kappa shape index (κ2) is 10.2. The summed E-state index contributed by atoms with van der Waals surface area (Å²) in [5, 5.41) is 4.79. The van der Waals surface area contributed by atoms with Crippen LogP contribution < -0.4 is 10.6 Å². The van der Waals surface area contributed by atoms with Gasteiger partial charge in [-0.1, -0.05) is 29.8 Å². The second-order valence-corrected chi connectivity index (χ2v) is 8.26. The van der Waals surface area contributed by atoms with E-state index in [9.17, 15) is 22.8 Å². The molecule has 2 N–H and O–H groups in total. The van der Waals surface area contributed by atoms with E-state index >= 15 is 0 Å². The Labute approximate surface area is 182 Å². The van der Waals surface area contributed by atoms with E-state index in [1.54, 1.807) is 0 Å². The zero-order chi connectivity index (χ0) is 22.4. The van der Waals surface area contributed by atoms with E-state index in [0.717, 1.165) is 29.7 Å². The molecule has 9 heteroatoms. The molecule has 1 atom stereocenters. The first-order valence-corrected chi connectivity index (χ1v) is 10.9. The summed E-state index contributed by atoms with van der Waals surface area (Å²) in [7, 11) is 0. The van der Waals surface area contributed by atoms with E-state index in [0.29, 0.717) is 18.8 Å². The molecule has 1 unspecified atom stereocenters. The van der Waals surface area contributed by atoms with Gasteiger partial charge in [-0.25, -0.2) is 0 Å². The Hall–Kier alpha value is -2.52. The lowest BCUT2D eigenvalue weighted by Gasteiger charge is -2.17. The maximum Gasteiger partial charge on any atom is 0.418 e. The van der Waals surface area contributed by atoms with Crippen LogP contribution in [-0.2, 0) is 26.3 Å². The Bertz CT molecular complexity index is 944. The monoisotopic (exact) mass is 452 g/mol. The predicted molar refractivity (Wildman–Crippen MR) is 115 cm³/mol. The van der Waals surface area contributed by atoms with E-state index in [2.05, 4.69) is 10.6 Å². The van der Waals surface area contributed by atoms with Crippen molar-refractivity contribution in [2.24, 2.45) is 0 Å². The molecule has 2 aromatic carbocycles. The number of anilines is 2. The Morgan fingerprint density at radius 1 is 1.16 bits per heavy atom. The highest BCUT2D eigenvalue weighted by Crippen LogP contribution is 2.37. The fourth-order valence-corrected chi connectivity index (χ4v) is 4.00. The van der Waals surface area contributed by atoms with Gasteiger partial charge >= 0.3 is 6.18 Å². The molecule has 0 spiro atoms. The van der Waals surface area contributed by atoms with Crippen LogP contribution in [0, 0.1) is 6.92 Å². The molecule has 1 aliphatic rings. The summed E-state index contributed by atoms with van der Waals surface area (Å²) in [6.07, 6.45) is -4.08. The summed E-state index contributed by atoms with van der Waals surface area (Å²) in [5.41, 5.74) is 0.780. The first-order valence-electron chi connectivity index (χ1n) is 9.79. The number of alkyl halides is 3. The molecule has 0 aromatic heterocycles. The lowest BCUT2D eigenvalue weighted by molar-refractivity contribution is -0.137. The van der Waals surface area contributed by atoms with Crippen LogP contribution in [0.3, 0.4) is 0 Å². The van der Waals surface area contributed by atoms with E-state index in [1.165, 1.54) is 17.8 Å². The molecule has 1 heterocycles. The number of aryl methyl sites for hydroxylation is 1. The van der Waals surface area contributed by atoms with Crippen molar-refractivity contribution in [2.75, 3.05) is 23.0 Å². The SMILES string of the molecule is Cc1cccc(CSCC(=O)Nc2ccc(NC(=O)C3CCCO3)cc2C(F)(F)F)c1. The van der Waals surface area contributed by atoms with Gasteiger partial charge in [0.05, 0.1) is 17.0 Å². The van der Waals surface area contributed by atoms with E-state index in [-0.39, 0.29) is 17.1 Å². The van der Waals surface area contributed by atoms with Gasteiger partial charge in [0.15, 0.2) is 0 Å². The van der Waals surface area contributed by atoms with Crippen LogP contribution >= 0.6 is 11.8 Å².